The quantitative estimate of drug-likeness (QED) is 0.165. The Hall–Kier alpha value is -3.27. The molecule has 2 aromatic carbocycles. The molecule has 2 heterocycles. The van der Waals surface area contributed by atoms with Crippen molar-refractivity contribution in [2.75, 3.05) is 18.2 Å². The fourth-order valence-electron chi connectivity index (χ4n) is 3.77. The van der Waals surface area contributed by atoms with Crippen molar-refractivity contribution in [1.82, 2.24) is 20.0 Å². The van der Waals surface area contributed by atoms with E-state index in [2.05, 4.69) is 20.6 Å². The molecule has 190 valence electrons. The van der Waals surface area contributed by atoms with Gasteiger partial charge in [-0.05, 0) is 61.1 Å². The van der Waals surface area contributed by atoms with Crippen LogP contribution in [0.5, 0.6) is 5.75 Å². The van der Waals surface area contributed by atoms with E-state index in [0.29, 0.717) is 12.1 Å². The summed E-state index contributed by atoms with van der Waals surface area (Å²) in [6.45, 7) is 1.42. The lowest BCUT2D eigenvalue weighted by atomic mass is 10.1. The zero-order valence-electron chi connectivity index (χ0n) is 20.0. The summed E-state index contributed by atoms with van der Waals surface area (Å²) in [5, 5.41) is 12.5. The van der Waals surface area contributed by atoms with E-state index in [1.165, 1.54) is 6.07 Å². The Morgan fingerprint density at radius 1 is 1.00 bits per heavy atom. The summed E-state index contributed by atoms with van der Waals surface area (Å²) in [5.41, 5.74) is 1.59. The van der Waals surface area contributed by atoms with Gasteiger partial charge in [0.1, 0.15) is 11.4 Å². The standard InChI is InChI=1S/C26H28F3N5OS/c1-35-22-9-7-20(8-10-22)31-17-21-18-34(33-32-21)14-4-2-3-5-15-36-25-12-13-30-24-16-19(26(27,28)29)6-11-23(24)25/h6-13,16,18,31H,2-5,14-15,17H2,1H3. The molecule has 2 aromatic heterocycles. The van der Waals surface area contributed by atoms with Gasteiger partial charge in [-0.1, -0.05) is 24.1 Å². The number of aromatic nitrogens is 4. The van der Waals surface area contributed by atoms with Crippen molar-refractivity contribution in [3.8, 4) is 5.75 Å². The SMILES string of the molecule is COc1ccc(NCc2cn(CCCCCCSc3ccnc4cc(C(F)(F)F)ccc34)nn2)cc1. The molecule has 0 spiro atoms. The Balaban J connectivity index is 1.14. The minimum Gasteiger partial charge on any atom is -0.497 e. The molecule has 0 amide bonds. The number of alkyl halides is 3. The first-order valence-electron chi connectivity index (χ1n) is 11.8. The highest BCUT2D eigenvalue weighted by atomic mass is 32.2. The van der Waals surface area contributed by atoms with Gasteiger partial charge in [0.25, 0.3) is 0 Å². The molecule has 0 radical (unpaired) electrons. The number of benzene rings is 2. The van der Waals surface area contributed by atoms with Crippen molar-refractivity contribution < 1.29 is 17.9 Å². The van der Waals surface area contributed by atoms with E-state index in [-0.39, 0.29) is 0 Å². The molecular weight excluding hydrogens is 487 g/mol. The zero-order chi connectivity index (χ0) is 25.4. The summed E-state index contributed by atoms with van der Waals surface area (Å²) in [7, 11) is 1.64. The molecule has 0 fully saturated rings. The molecule has 4 aromatic rings. The highest BCUT2D eigenvalue weighted by molar-refractivity contribution is 7.99. The van der Waals surface area contributed by atoms with Crippen LogP contribution < -0.4 is 10.1 Å². The molecule has 0 unspecified atom stereocenters. The fraction of sp³-hybridized carbons (Fsp3) is 0.346. The first kappa shape index (κ1) is 25.8. The third-order valence-electron chi connectivity index (χ3n) is 5.72. The molecule has 0 atom stereocenters. The number of unbranched alkanes of at least 4 members (excludes halogenated alkanes) is 3. The van der Waals surface area contributed by atoms with E-state index in [1.807, 2.05) is 41.2 Å². The number of aryl methyl sites for hydroxylation is 1. The van der Waals surface area contributed by atoms with Gasteiger partial charge in [0.05, 0.1) is 30.9 Å². The van der Waals surface area contributed by atoms with Gasteiger partial charge in [0.15, 0.2) is 0 Å². The van der Waals surface area contributed by atoms with Crippen molar-refractivity contribution in [2.45, 2.75) is 49.8 Å². The predicted molar refractivity (Wildman–Crippen MR) is 136 cm³/mol. The Morgan fingerprint density at radius 2 is 1.81 bits per heavy atom. The van der Waals surface area contributed by atoms with Crippen LogP contribution in [0.2, 0.25) is 0 Å². The number of ether oxygens (including phenoxy) is 1. The van der Waals surface area contributed by atoms with E-state index >= 15 is 0 Å². The van der Waals surface area contributed by atoms with E-state index in [0.717, 1.165) is 77.5 Å². The first-order chi connectivity index (χ1) is 17.4. The Labute approximate surface area is 212 Å². The molecule has 0 bridgehead atoms. The molecule has 6 nitrogen and oxygen atoms in total. The van der Waals surface area contributed by atoms with Crippen molar-refractivity contribution >= 4 is 28.4 Å². The van der Waals surface area contributed by atoms with E-state index in [9.17, 15) is 13.2 Å². The lowest BCUT2D eigenvalue weighted by Gasteiger charge is -2.10. The summed E-state index contributed by atoms with van der Waals surface area (Å²) in [6.07, 6.45) is 3.37. The molecule has 0 saturated carbocycles. The number of pyridine rings is 1. The van der Waals surface area contributed by atoms with Crippen LogP contribution in [0.1, 0.15) is 36.9 Å². The molecule has 0 aliphatic heterocycles. The predicted octanol–water partition coefficient (Wildman–Crippen LogP) is 6.82. The number of methoxy groups -OCH3 is 1. The van der Waals surface area contributed by atoms with Gasteiger partial charge < -0.3 is 10.1 Å². The fourth-order valence-corrected chi connectivity index (χ4v) is 4.82. The number of rotatable bonds is 12. The zero-order valence-corrected chi connectivity index (χ0v) is 20.8. The molecule has 10 heteroatoms. The topological polar surface area (TPSA) is 64.9 Å². The Kier molecular flexibility index (Phi) is 8.69. The van der Waals surface area contributed by atoms with Gasteiger partial charge in [-0.2, -0.15) is 13.2 Å². The van der Waals surface area contributed by atoms with Gasteiger partial charge >= 0.3 is 6.18 Å². The van der Waals surface area contributed by atoms with Crippen LogP contribution in [0.3, 0.4) is 0 Å². The summed E-state index contributed by atoms with van der Waals surface area (Å²) in [5.74, 6) is 1.73. The first-order valence-corrected chi connectivity index (χ1v) is 12.8. The largest absolute Gasteiger partial charge is 0.497 e. The maximum absolute atomic E-state index is 12.9. The maximum atomic E-state index is 12.9. The van der Waals surface area contributed by atoms with Gasteiger partial charge in [-0.25, -0.2) is 0 Å². The average Bonchev–Trinajstić information content (AvgIpc) is 3.34. The van der Waals surface area contributed by atoms with Crippen molar-refractivity contribution in [3.63, 3.8) is 0 Å². The Morgan fingerprint density at radius 3 is 2.58 bits per heavy atom. The van der Waals surface area contributed by atoms with Crippen molar-refractivity contribution in [1.29, 1.82) is 0 Å². The third kappa shape index (κ3) is 7.13. The molecule has 1 N–H and O–H groups in total. The number of halogens is 3. The van der Waals surface area contributed by atoms with Crippen molar-refractivity contribution in [3.05, 3.63) is 72.2 Å². The smallest absolute Gasteiger partial charge is 0.416 e. The normalized spacial score (nSPS) is 11.7. The maximum Gasteiger partial charge on any atom is 0.416 e. The summed E-state index contributed by atoms with van der Waals surface area (Å²) in [4.78, 5) is 5.08. The van der Waals surface area contributed by atoms with Crippen LogP contribution in [0, 0.1) is 0 Å². The highest BCUT2D eigenvalue weighted by Gasteiger charge is 2.30. The van der Waals surface area contributed by atoms with E-state index < -0.39 is 11.7 Å². The highest BCUT2D eigenvalue weighted by Crippen LogP contribution is 2.34. The van der Waals surface area contributed by atoms with Crippen molar-refractivity contribution in [2.24, 2.45) is 0 Å². The monoisotopic (exact) mass is 515 g/mol. The molecule has 36 heavy (non-hydrogen) atoms. The molecule has 0 aliphatic carbocycles. The lowest BCUT2D eigenvalue weighted by Crippen LogP contribution is -2.04. The van der Waals surface area contributed by atoms with Gasteiger partial charge in [-0.15, -0.1) is 16.9 Å². The van der Waals surface area contributed by atoms with Crippen LogP contribution in [0.15, 0.2) is 65.8 Å². The van der Waals surface area contributed by atoms with E-state index in [4.69, 9.17) is 4.74 Å². The van der Waals surface area contributed by atoms with E-state index in [1.54, 1.807) is 25.1 Å². The van der Waals surface area contributed by atoms with Gasteiger partial charge in [0.2, 0.25) is 0 Å². The van der Waals surface area contributed by atoms with Crippen LogP contribution in [-0.2, 0) is 19.3 Å². The second-order valence-electron chi connectivity index (χ2n) is 8.36. The summed E-state index contributed by atoms with van der Waals surface area (Å²) >= 11 is 1.66. The summed E-state index contributed by atoms with van der Waals surface area (Å²) in [6, 6.07) is 13.4. The Bertz CT molecular complexity index is 1260. The number of nitrogens with one attached hydrogen (secondary N) is 1. The number of hydrogen-bond donors (Lipinski definition) is 1. The summed E-state index contributed by atoms with van der Waals surface area (Å²) < 4.78 is 45.9. The molecule has 4 rings (SSSR count). The minimum absolute atomic E-state index is 0.376. The number of thioether (sulfide) groups is 1. The third-order valence-corrected chi connectivity index (χ3v) is 6.88. The second kappa shape index (κ2) is 12.1. The van der Waals surface area contributed by atoms with Crippen LogP contribution >= 0.6 is 11.8 Å². The minimum atomic E-state index is -4.36. The number of nitrogens with zero attached hydrogens (tertiary/aromatic N) is 4. The number of hydrogen-bond acceptors (Lipinski definition) is 6. The molecule has 0 aliphatic rings. The van der Waals surface area contributed by atoms with Gasteiger partial charge in [0, 0.05) is 28.7 Å². The lowest BCUT2D eigenvalue weighted by molar-refractivity contribution is -0.137. The van der Waals surface area contributed by atoms with Gasteiger partial charge in [-0.3, -0.25) is 9.67 Å². The van der Waals surface area contributed by atoms with Crippen LogP contribution in [0.25, 0.3) is 10.9 Å². The van der Waals surface area contributed by atoms with Crippen LogP contribution in [-0.4, -0.2) is 32.8 Å². The second-order valence-corrected chi connectivity index (χ2v) is 9.49. The number of anilines is 1. The van der Waals surface area contributed by atoms with Crippen LogP contribution in [0.4, 0.5) is 18.9 Å². The average molecular weight is 516 g/mol. The number of fused-ring (bicyclic) bond motifs is 1. The molecular formula is C26H28F3N5OS. The molecule has 0 saturated heterocycles.